The number of fused-ring (bicyclic) bond motifs is 1. The molecule has 2 aromatic rings. The molecule has 112 valence electrons. The summed E-state index contributed by atoms with van der Waals surface area (Å²) in [6.45, 7) is 0.401. The molecule has 4 nitrogen and oxygen atoms in total. The van der Waals surface area contributed by atoms with Gasteiger partial charge >= 0.3 is 5.97 Å². The summed E-state index contributed by atoms with van der Waals surface area (Å²) in [4.78, 5) is 25.4. The van der Waals surface area contributed by atoms with E-state index in [1.165, 1.54) is 0 Å². The molecule has 22 heavy (non-hydrogen) atoms. The van der Waals surface area contributed by atoms with Crippen molar-refractivity contribution in [3.63, 3.8) is 0 Å². The molecule has 1 N–H and O–H groups in total. The van der Waals surface area contributed by atoms with E-state index in [1.54, 1.807) is 35.2 Å². The second kappa shape index (κ2) is 5.81. The maximum absolute atomic E-state index is 12.6. The molecule has 0 radical (unpaired) electrons. The number of nitrogens with zero attached hydrogens (tertiary/aromatic N) is 1. The number of halogens is 1. The first-order valence-electron chi connectivity index (χ1n) is 6.93. The molecule has 0 unspecified atom stereocenters. The van der Waals surface area contributed by atoms with Crippen LogP contribution in [0.1, 0.15) is 33.9 Å². The Balaban J connectivity index is 2.00. The Hall–Kier alpha value is -2.33. The number of hydrogen-bond acceptors (Lipinski definition) is 2. The highest BCUT2D eigenvalue weighted by Gasteiger charge is 2.35. The molecule has 0 aliphatic carbocycles. The van der Waals surface area contributed by atoms with Gasteiger partial charge in [-0.2, -0.15) is 0 Å². The van der Waals surface area contributed by atoms with Crippen molar-refractivity contribution in [2.75, 3.05) is 0 Å². The van der Waals surface area contributed by atoms with Gasteiger partial charge in [-0.05, 0) is 23.3 Å². The second-order valence-electron chi connectivity index (χ2n) is 5.23. The molecule has 5 heteroatoms. The topological polar surface area (TPSA) is 57.6 Å². The van der Waals surface area contributed by atoms with Gasteiger partial charge in [0, 0.05) is 17.1 Å². The Morgan fingerprint density at radius 1 is 1.18 bits per heavy atom. The van der Waals surface area contributed by atoms with Crippen molar-refractivity contribution in [3.8, 4) is 0 Å². The lowest BCUT2D eigenvalue weighted by Gasteiger charge is -2.27. The standard InChI is InChI=1S/C17H14ClNO3/c18-14-8-4-3-7-13(14)15(9-16(20)21)19-10-11-5-1-2-6-12(11)17(19)22/h1-8,15H,9-10H2,(H,20,21)/t15-/m1/s1. The average Bonchev–Trinajstić information content (AvgIpc) is 2.83. The fourth-order valence-electron chi connectivity index (χ4n) is 2.83. The molecule has 0 saturated carbocycles. The van der Waals surface area contributed by atoms with Crippen LogP contribution in [-0.2, 0) is 11.3 Å². The Bertz CT molecular complexity index is 744. The summed E-state index contributed by atoms with van der Waals surface area (Å²) < 4.78 is 0. The van der Waals surface area contributed by atoms with Crippen molar-refractivity contribution >= 4 is 23.5 Å². The number of amides is 1. The third-order valence-electron chi connectivity index (χ3n) is 3.86. The minimum absolute atomic E-state index is 0.151. The third-order valence-corrected chi connectivity index (χ3v) is 4.20. The molecular weight excluding hydrogens is 302 g/mol. The Morgan fingerprint density at radius 3 is 2.55 bits per heavy atom. The summed E-state index contributed by atoms with van der Waals surface area (Å²) in [6, 6.07) is 13.8. The summed E-state index contributed by atoms with van der Waals surface area (Å²) in [5.41, 5.74) is 2.20. The lowest BCUT2D eigenvalue weighted by atomic mass is 10.0. The molecule has 2 aromatic carbocycles. The van der Waals surface area contributed by atoms with Crippen LogP contribution in [0.3, 0.4) is 0 Å². The second-order valence-corrected chi connectivity index (χ2v) is 5.63. The molecular formula is C17H14ClNO3. The minimum atomic E-state index is -0.964. The van der Waals surface area contributed by atoms with Gasteiger partial charge < -0.3 is 10.0 Å². The van der Waals surface area contributed by atoms with Gasteiger partial charge in [-0.1, -0.05) is 48.0 Å². The zero-order valence-corrected chi connectivity index (χ0v) is 12.5. The molecule has 1 amide bonds. The first-order valence-corrected chi connectivity index (χ1v) is 7.31. The van der Waals surface area contributed by atoms with Gasteiger partial charge in [-0.25, -0.2) is 0 Å². The molecule has 0 aromatic heterocycles. The van der Waals surface area contributed by atoms with E-state index in [-0.39, 0.29) is 12.3 Å². The molecule has 0 saturated heterocycles. The summed E-state index contributed by atoms with van der Waals surface area (Å²) in [5.74, 6) is -1.12. The van der Waals surface area contributed by atoms with Crippen molar-refractivity contribution in [1.29, 1.82) is 0 Å². The van der Waals surface area contributed by atoms with Crippen molar-refractivity contribution in [2.24, 2.45) is 0 Å². The molecule has 1 heterocycles. The van der Waals surface area contributed by atoms with Crippen LogP contribution >= 0.6 is 11.6 Å². The van der Waals surface area contributed by atoms with Crippen LogP contribution in [0.15, 0.2) is 48.5 Å². The van der Waals surface area contributed by atoms with Crippen LogP contribution in [-0.4, -0.2) is 21.9 Å². The number of rotatable bonds is 4. The van der Waals surface area contributed by atoms with Gasteiger partial charge in [-0.15, -0.1) is 0 Å². The molecule has 1 aliphatic heterocycles. The number of carbonyl (C=O) groups excluding carboxylic acids is 1. The minimum Gasteiger partial charge on any atom is -0.481 e. The molecule has 0 spiro atoms. The number of hydrogen-bond donors (Lipinski definition) is 1. The van der Waals surface area contributed by atoms with Gasteiger partial charge in [0.1, 0.15) is 0 Å². The van der Waals surface area contributed by atoms with Crippen molar-refractivity contribution in [2.45, 2.75) is 19.0 Å². The van der Waals surface area contributed by atoms with E-state index in [1.807, 2.05) is 18.2 Å². The quantitative estimate of drug-likeness (QED) is 0.939. The number of benzene rings is 2. The molecule has 3 rings (SSSR count). The number of carbonyl (C=O) groups is 2. The van der Waals surface area contributed by atoms with Crippen LogP contribution in [0, 0.1) is 0 Å². The van der Waals surface area contributed by atoms with Crippen LogP contribution in [0.2, 0.25) is 5.02 Å². The van der Waals surface area contributed by atoms with Crippen molar-refractivity contribution in [3.05, 3.63) is 70.2 Å². The van der Waals surface area contributed by atoms with Gasteiger partial charge in [0.15, 0.2) is 0 Å². The van der Waals surface area contributed by atoms with E-state index in [2.05, 4.69) is 0 Å². The average molecular weight is 316 g/mol. The van der Waals surface area contributed by atoms with Crippen LogP contribution < -0.4 is 0 Å². The highest BCUT2D eigenvalue weighted by atomic mass is 35.5. The Kier molecular flexibility index (Phi) is 3.86. The van der Waals surface area contributed by atoms with Crippen LogP contribution in [0.4, 0.5) is 0 Å². The van der Waals surface area contributed by atoms with E-state index >= 15 is 0 Å². The Morgan fingerprint density at radius 2 is 1.86 bits per heavy atom. The smallest absolute Gasteiger partial charge is 0.305 e. The maximum atomic E-state index is 12.6. The number of aliphatic carboxylic acids is 1. The molecule has 1 atom stereocenters. The monoisotopic (exact) mass is 315 g/mol. The predicted octanol–water partition coefficient (Wildman–Crippen LogP) is 3.51. The predicted molar refractivity (Wildman–Crippen MR) is 82.8 cm³/mol. The fraction of sp³-hybridized carbons (Fsp3) is 0.176. The van der Waals surface area contributed by atoms with E-state index in [0.717, 1.165) is 5.56 Å². The van der Waals surface area contributed by atoms with Gasteiger partial charge in [-0.3, -0.25) is 9.59 Å². The first kappa shape index (κ1) is 14.6. The van der Waals surface area contributed by atoms with E-state index < -0.39 is 12.0 Å². The SMILES string of the molecule is O=C(O)C[C@H](c1ccccc1Cl)N1Cc2ccccc2C1=O. The fourth-order valence-corrected chi connectivity index (χ4v) is 3.09. The largest absolute Gasteiger partial charge is 0.481 e. The zero-order chi connectivity index (χ0) is 15.7. The van der Waals surface area contributed by atoms with Crippen molar-refractivity contribution < 1.29 is 14.7 Å². The summed E-state index contributed by atoms with van der Waals surface area (Å²) >= 11 is 6.21. The molecule has 1 aliphatic rings. The van der Waals surface area contributed by atoms with E-state index in [4.69, 9.17) is 11.6 Å². The normalized spacial score (nSPS) is 14.8. The van der Waals surface area contributed by atoms with Gasteiger partial charge in [0.25, 0.3) is 5.91 Å². The van der Waals surface area contributed by atoms with Crippen molar-refractivity contribution in [1.82, 2.24) is 4.90 Å². The zero-order valence-electron chi connectivity index (χ0n) is 11.7. The highest BCUT2D eigenvalue weighted by molar-refractivity contribution is 6.31. The molecule has 0 bridgehead atoms. The van der Waals surface area contributed by atoms with E-state index in [0.29, 0.717) is 22.7 Å². The van der Waals surface area contributed by atoms with Crippen LogP contribution in [0.25, 0.3) is 0 Å². The highest BCUT2D eigenvalue weighted by Crippen LogP contribution is 2.36. The summed E-state index contributed by atoms with van der Waals surface area (Å²) in [5, 5.41) is 9.69. The maximum Gasteiger partial charge on any atom is 0.305 e. The van der Waals surface area contributed by atoms with Gasteiger partial charge in [0.05, 0.1) is 12.5 Å². The number of carboxylic acids is 1. The molecule has 0 fully saturated rings. The van der Waals surface area contributed by atoms with E-state index in [9.17, 15) is 14.7 Å². The lowest BCUT2D eigenvalue weighted by molar-refractivity contribution is -0.138. The van der Waals surface area contributed by atoms with Crippen LogP contribution in [0.5, 0.6) is 0 Å². The summed E-state index contributed by atoms with van der Waals surface area (Å²) in [6.07, 6.45) is -0.177. The summed E-state index contributed by atoms with van der Waals surface area (Å²) in [7, 11) is 0. The van der Waals surface area contributed by atoms with Gasteiger partial charge in [0.2, 0.25) is 0 Å². The first-order chi connectivity index (χ1) is 10.6. The lowest BCUT2D eigenvalue weighted by Crippen LogP contribution is -2.31. The number of carboxylic acid groups (broad SMARTS) is 1. The third kappa shape index (κ3) is 2.57. The Labute approximate surface area is 132 Å².